The number of alkyl halides is 3. The summed E-state index contributed by atoms with van der Waals surface area (Å²) in [6, 6.07) is 3.53. The van der Waals surface area contributed by atoms with Crippen molar-refractivity contribution >= 4 is 15.9 Å². The van der Waals surface area contributed by atoms with Crippen LogP contribution in [0.1, 0.15) is 12.0 Å². The lowest BCUT2D eigenvalue weighted by Gasteiger charge is -2.18. The summed E-state index contributed by atoms with van der Waals surface area (Å²) >= 11 is 3.09. The van der Waals surface area contributed by atoms with Crippen LogP contribution in [-0.2, 0) is 6.42 Å². The van der Waals surface area contributed by atoms with Gasteiger partial charge in [0.2, 0.25) is 0 Å². The minimum Gasteiger partial charge on any atom is -0.316 e. The zero-order valence-corrected chi connectivity index (χ0v) is 10.7. The Morgan fingerprint density at radius 1 is 1.35 bits per heavy atom. The molecule has 1 unspecified atom stereocenters. The van der Waals surface area contributed by atoms with Gasteiger partial charge in [-0.1, -0.05) is 22.0 Å². The van der Waals surface area contributed by atoms with E-state index in [9.17, 15) is 17.6 Å². The summed E-state index contributed by atoms with van der Waals surface area (Å²) in [6.07, 6.45) is -5.21. The largest absolute Gasteiger partial charge is 0.390 e. The van der Waals surface area contributed by atoms with Crippen molar-refractivity contribution in [2.24, 2.45) is 0 Å². The third-order valence-electron chi connectivity index (χ3n) is 2.37. The first-order valence-corrected chi connectivity index (χ1v) is 5.79. The Morgan fingerprint density at radius 3 is 2.47 bits per heavy atom. The molecule has 1 atom stereocenters. The first kappa shape index (κ1) is 14.4. The normalized spacial score (nSPS) is 13.8. The molecule has 1 aromatic rings. The summed E-state index contributed by atoms with van der Waals surface area (Å²) < 4.78 is 50.7. The van der Waals surface area contributed by atoms with Gasteiger partial charge in [0.05, 0.1) is 6.42 Å². The monoisotopic (exact) mass is 313 g/mol. The van der Waals surface area contributed by atoms with Gasteiger partial charge in [-0.15, -0.1) is 0 Å². The lowest BCUT2D eigenvalue weighted by molar-refractivity contribution is -0.139. The fraction of sp³-hybridized carbons (Fsp3) is 0.455. The second kappa shape index (κ2) is 5.82. The minimum absolute atomic E-state index is 0.00905. The van der Waals surface area contributed by atoms with Crippen molar-refractivity contribution in [3.05, 3.63) is 34.1 Å². The van der Waals surface area contributed by atoms with E-state index >= 15 is 0 Å². The molecule has 0 fully saturated rings. The van der Waals surface area contributed by atoms with Crippen molar-refractivity contribution in [2.45, 2.75) is 25.1 Å². The van der Waals surface area contributed by atoms with Crippen molar-refractivity contribution in [1.82, 2.24) is 5.32 Å². The molecule has 0 spiro atoms. The van der Waals surface area contributed by atoms with Gasteiger partial charge in [-0.25, -0.2) is 4.39 Å². The van der Waals surface area contributed by atoms with Gasteiger partial charge in [0.25, 0.3) is 0 Å². The highest BCUT2D eigenvalue weighted by Gasteiger charge is 2.31. The smallest absolute Gasteiger partial charge is 0.316 e. The number of likely N-dealkylation sites (N-methyl/N-ethyl adjacent to an activating group) is 1. The number of benzene rings is 1. The van der Waals surface area contributed by atoms with Gasteiger partial charge in [0, 0.05) is 10.5 Å². The molecule has 0 saturated carbocycles. The van der Waals surface area contributed by atoms with E-state index in [-0.39, 0.29) is 12.0 Å². The van der Waals surface area contributed by atoms with Crippen LogP contribution < -0.4 is 5.32 Å². The summed E-state index contributed by atoms with van der Waals surface area (Å²) in [6.45, 7) is 0. The third kappa shape index (κ3) is 5.04. The maximum atomic E-state index is 13.4. The van der Waals surface area contributed by atoms with E-state index in [1.54, 1.807) is 6.07 Å². The van der Waals surface area contributed by atoms with Crippen molar-refractivity contribution in [2.75, 3.05) is 7.05 Å². The van der Waals surface area contributed by atoms with E-state index in [0.29, 0.717) is 4.47 Å². The molecule has 0 aliphatic carbocycles. The number of nitrogens with one attached hydrogen (secondary N) is 1. The van der Waals surface area contributed by atoms with Crippen LogP contribution in [0, 0.1) is 5.82 Å². The molecule has 0 amide bonds. The highest BCUT2D eigenvalue weighted by molar-refractivity contribution is 9.10. The van der Waals surface area contributed by atoms with Crippen molar-refractivity contribution in [3.63, 3.8) is 0 Å². The van der Waals surface area contributed by atoms with Gasteiger partial charge in [-0.2, -0.15) is 13.2 Å². The third-order valence-corrected chi connectivity index (χ3v) is 2.86. The second-order valence-electron chi connectivity index (χ2n) is 3.74. The second-order valence-corrected chi connectivity index (χ2v) is 4.66. The summed E-state index contributed by atoms with van der Waals surface area (Å²) in [5.41, 5.74) is 0.275. The highest BCUT2D eigenvalue weighted by Crippen LogP contribution is 2.24. The van der Waals surface area contributed by atoms with Crippen LogP contribution in [0.4, 0.5) is 17.6 Å². The fourth-order valence-corrected chi connectivity index (χ4v) is 1.84. The number of rotatable bonds is 4. The number of halogens is 5. The van der Waals surface area contributed by atoms with E-state index in [2.05, 4.69) is 21.2 Å². The Hall–Kier alpha value is -0.620. The first-order valence-electron chi connectivity index (χ1n) is 5.00. The molecule has 0 aromatic heterocycles. The molecule has 0 radical (unpaired) electrons. The van der Waals surface area contributed by atoms with Crippen LogP contribution in [0.2, 0.25) is 0 Å². The van der Waals surface area contributed by atoms with E-state index < -0.39 is 24.5 Å². The lowest BCUT2D eigenvalue weighted by Crippen LogP contribution is -2.33. The summed E-state index contributed by atoms with van der Waals surface area (Å²) in [5, 5.41) is 2.55. The molecule has 1 aromatic carbocycles. The molecule has 96 valence electrons. The fourth-order valence-electron chi connectivity index (χ4n) is 1.51. The predicted molar refractivity (Wildman–Crippen MR) is 61.3 cm³/mol. The van der Waals surface area contributed by atoms with Gasteiger partial charge in [0.15, 0.2) is 0 Å². The standard InChI is InChI=1S/C11H12BrF4N/c1-17-9(6-11(14,15)16)4-7-2-3-8(12)5-10(7)13/h2-3,5,9,17H,4,6H2,1H3. The molecule has 0 bridgehead atoms. The number of hydrogen-bond acceptors (Lipinski definition) is 1. The van der Waals surface area contributed by atoms with E-state index in [1.165, 1.54) is 19.2 Å². The van der Waals surface area contributed by atoms with Crippen LogP contribution >= 0.6 is 15.9 Å². The molecule has 17 heavy (non-hydrogen) atoms. The Kier molecular flexibility index (Phi) is 4.94. The quantitative estimate of drug-likeness (QED) is 0.836. The molecular formula is C11H12BrF4N. The van der Waals surface area contributed by atoms with Gasteiger partial charge in [0.1, 0.15) is 5.82 Å². The Bertz CT molecular complexity index is 378. The lowest BCUT2D eigenvalue weighted by atomic mass is 10.0. The molecule has 1 N–H and O–H groups in total. The summed E-state index contributed by atoms with van der Waals surface area (Å²) in [4.78, 5) is 0. The average molecular weight is 314 g/mol. The van der Waals surface area contributed by atoms with Gasteiger partial charge in [-0.05, 0) is 31.2 Å². The highest BCUT2D eigenvalue weighted by atomic mass is 79.9. The van der Waals surface area contributed by atoms with E-state index in [0.717, 1.165) is 0 Å². The van der Waals surface area contributed by atoms with Gasteiger partial charge >= 0.3 is 6.18 Å². The molecule has 1 nitrogen and oxygen atoms in total. The minimum atomic E-state index is -4.25. The Balaban J connectivity index is 2.74. The number of hydrogen-bond donors (Lipinski definition) is 1. The maximum absolute atomic E-state index is 13.4. The van der Waals surface area contributed by atoms with Gasteiger partial charge < -0.3 is 5.32 Å². The molecule has 0 aliphatic heterocycles. The zero-order chi connectivity index (χ0) is 13.1. The topological polar surface area (TPSA) is 12.0 Å². The molecule has 0 aliphatic rings. The van der Waals surface area contributed by atoms with Crippen LogP contribution in [0.25, 0.3) is 0 Å². The Morgan fingerprint density at radius 2 is 2.00 bits per heavy atom. The van der Waals surface area contributed by atoms with Crippen LogP contribution in [-0.4, -0.2) is 19.3 Å². The predicted octanol–water partition coefficient (Wildman–Crippen LogP) is 3.67. The average Bonchev–Trinajstić information content (AvgIpc) is 2.19. The van der Waals surface area contributed by atoms with Crippen molar-refractivity contribution < 1.29 is 17.6 Å². The van der Waals surface area contributed by atoms with Crippen molar-refractivity contribution in [1.29, 1.82) is 0 Å². The van der Waals surface area contributed by atoms with E-state index in [4.69, 9.17) is 0 Å². The SMILES string of the molecule is CNC(Cc1ccc(Br)cc1F)CC(F)(F)F. The molecular weight excluding hydrogens is 302 g/mol. The molecule has 0 heterocycles. The first-order chi connectivity index (χ1) is 7.81. The van der Waals surface area contributed by atoms with Gasteiger partial charge in [-0.3, -0.25) is 0 Å². The molecule has 1 rings (SSSR count). The maximum Gasteiger partial charge on any atom is 0.390 e. The summed E-state index contributed by atoms with van der Waals surface area (Å²) in [5.74, 6) is -0.498. The van der Waals surface area contributed by atoms with Crippen LogP contribution in [0.5, 0.6) is 0 Å². The Labute approximate surface area is 105 Å². The van der Waals surface area contributed by atoms with E-state index in [1.807, 2.05) is 0 Å². The molecule has 0 saturated heterocycles. The zero-order valence-electron chi connectivity index (χ0n) is 9.11. The summed E-state index contributed by atoms with van der Waals surface area (Å²) in [7, 11) is 1.44. The van der Waals surface area contributed by atoms with Crippen molar-refractivity contribution in [3.8, 4) is 0 Å². The van der Waals surface area contributed by atoms with Crippen LogP contribution in [0.3, 0.4) is 0 Å². The van der Waals surface area contributed by atoms with Crippen LogP contribution in [0.15, 0.2) is 22.7 Å². The molecule has 6 heteroatoms.